The molecule has 1 fully saturated rings. The van der Waals surface area contributed by atoms with Crippen LogP contribution in [0.15, 0.2) is 53.4 Å². The fourth-order valence-electron chi connectivity index (χ4n) is 4.43. The zero-order chi connectivity index (χ0) is 22.3. The van der Waals surface area contributed by atoms with Crippen LogP contribution in [0.5, 0.6) is 0 Å². The number of aromatic nitrogens is 1. The van der Waals surface area contributed by atoms with E-state index < -0.39 is 15.4 Å². The van der Waals surface area contributed by atoms with Crippen molar-refractivity contribution in [2.24, 2.45) is 5.73 Å². The molecular weight excluding hydrogens is 424 g/mol. The molecule has 0 bridgehead atoms. The quantitative estimate of drug-likeness (QED) is 0.628. The third kappa shape index (κ3) is 4.05. The molecule has 3 heterocycles. The lowest BCUT2D eigenvalue weighted by Gasteiger charge is -2.26. The molecule has 1 saturated heterocycles. The number of anilines is 2. The van der Waals surface area contributed by atoms with Crippen molar-refractivity contribution in [1.82, 2.24) is 4.98 Å². The highest BCUT2D eigenvalue weighted by atomic mass is 32.2. The number of rotatable bonds is 4. The summed E-state index contributed by atoms with van der Waals surface area (Å²) in [5.74, 6) is 0.813. The first-order valence-corrected chi connectivity index (χ1v) is 12.6. The Morgan fingerprint density at radius 2 is 2.06 bits per heavy atom. The maximum absolute atomic E-state index is 12.8. The van der Waals surface area contributed by atoms with Gasteiger partial charge in [0.25, 0.3) is 0 Å². The van der Waals surface area contributed by atoms with Gasteiger partial charge in [0.05, 0.1) is 28.3 Å². The lowest BCUT2D eigenvalue weighted by Crippen LogP contribution is -2.46. The van der Waals surface area contributed by atoms with Crippen LogP contribution in [0.4, 0.5) is 11.5 Å². The van der Waals surface area contributed by atoms with Gasteiger partial charge < -0.3 is 20.7 Å². The zero-order valence-electron chi connectivity index (χ0n) is 18.2. The molecular formula is C24H28N4O3S. The Balaban J connectivity index is 1.53. The lowest BCUT2D eigenvalue weighted by molar-refractivity contribution is 0.180. The molecule has 3 aromatic rings. The second-order valence-corrected chi connectivity index (χ2v) is 11.0. The van der Waals surface area contributed by atoms with Gasteiger partial charge in [0.2, 0.25) is 0 Å². The van der Waals surface area contributed by atoms with Gasteiger partial charge in [-0.2, -0.15) is 0 Å². The Morgan fingerprint density at radius 1 is 1.22 bits per heavy atom. The molecule has 0 amide bonds. The van der Waals surface area contributed by atoms with Crippen LogP contribution in [0.2, 0.25) is 0 Å². The average Bonchev–Trinajstić information content (AvgIpc) is 3.16. The number of nitrogens with zero attached hydrogens (tertiary/aromatic N) is 2. The van der Waals surface area contributed by atoms with Gasteiger partial charge >= 0.3 is 0 Å². The van der Waals surface area contributed by atoms with E-state index >= 15 is 0 Å². The minimum Gasteiger partial charge on any atom is -0.382 e. The molecule has 1 atom stereocenters. The Kier molecular flexibility index (Phi) is 5.31. The van der Waals surface area contributed by atoms with Crippen molar-refractivity contribution in [3.05, 3.63) is 59.7 Å². The Morgan fingerprint density at radius 3 is 2.88 bits per heavy atom. The van der Waals surface area contributed by atoms with Crippen molar-refractivity contribution in [2.45, 2.75) is 30.3 Å². The Labute approximate surface area is 188 Å². The first-order valence-electron chi connectivity index (χ1n) is 10.9. The predicted molar refractivity (Wildman–Crippen MR) is 127 cm³/mol. The van der Waals surface area contributed by atoms with E-state index in [0.717, 1.165) is 40.0 Å². The number of aryl methyl sites for hydroxylation is 1. The third-order valence-corrected chi connectivity index (χ3v) is 8.13. The molecule has 2 aliphatic heterocycles. The van der Waals surface area contributed by atoms with Crippen LogP contribution < -0.4 is 16.0 Å². The van der Waals surface area contributed by atoms with Crippen molar-refractivity contribution < 1.29 is 13.2 Å². The van der Waals surface area contributed by atoms with Crippen LogP contribution in [0, 0.1) is 6.92 Å². The fourth-order valence-corrected chi connectivity index (χ4v) is 5.92. The summed E-state index contributed by atoms with van der Waals surface area (Å²) < 4.78 is 31.1. The number of ether oxygens (including phenoxy) is 1. The number of sulfone groups is 1. The maximum atomic E-state index is 12.8. The molecule has 0 spiro atoms. The van der Waals surface area contributed by atoms with E-state index in [4.69, 9.17) is 15.5 Å². The summed E-state index contributed by atoms with van der Waals surface area (Å²) in [6.07, 6.45) is 0.815. The van der Waals surface area contributed by atoms with E-state index in [-0.39, 0.29) is 5.75 Å². The van der Waals surface area contributed by atoms with Crippen LogP contribution in [0.1, 0.15) is 17.5 Å². The summed E-state index contributed by atoms with van der Waals surface area (Å²) in [4.78, 5) is 7.36. The number of benzene rings is 2. The van der Waals surface area contributed by atoms with Crippen LogP contribution >= 0.6 is 0 Å². The normalized spacial score (nSPS) is 22.5. The third-order valence-electron chi connectivity index (χ3n) is 6.34. The van der Waals surface area contributed by atoms with Crippen LogP contribution in [0.3, 0.4) is 0 Å². The second-order valence-electron chi connectivity index (χ2n) is 8.92. The van der Waals surface area contributed by atoms with Gasteiger partial charge in [-0.25, -0.2) is 13.4 Å². The lowest BCUT2D eigenvalue weighted by atomic mass is 10.00. The fraction of sp³-hybridized carbons (Fsp3) is 0.375. The second kappa shape index (κ2) is 8.03. The summed E-state index contributed by atoms with van der Waals surface area (Å²) >= 11 is 0. The van der Waals surface area contributed by atoms with Crippen LogP contribution in [-0.4, -0.2) is 51.0 Å². The number of pyridine rings is 1. The number of nitrogens with two attached hydrogens (primary N) is 1. The minimum absolute atomic E-state index is 0.0592. The monoisotopic (exact) mass is 452 g/mol. The van der Waals surface area contributed by atoms with E-state index in [0.29, 0.717) is 37.7 Å². The predicted octanol–water partition coefficient (Wildman–Crippen LogP) is 2.87. The standard InChI is InChI=1S/C24H28N4O3S/c1-17-6-7-20-19(12-17)21(26-15-24(25)8-10-31-16-24)13-23(27-20)28-9-11-32(29,30)22-5-3-2-4-18(22)14-28/h2-7,12-13H,8-11,14-16,25H2,1H3,(H,26,27). The van der Waals surface area contributed by atoms with Gasteiger partial charge in [-0.15, -0.1) is 0 Å². The van der Waals surface area contributed by atoms with Crippen LogP contribution in [-0.2, 0) is 21.1 Å². The highest BCUT2D eigenvalue weighted by Crippen LogP contribution is 2.32. The number of fused-ring (bicyclic) bond motifs is 2. The summed E-state index contributed by atoms with van der Waals surface area (Å²) in [5, 5.41) is 4.56. The molecule has 2 aromatic carbocycles. The Hall–Kier alpha value is -2.68. The molecule has 2 aliphatic rings. The molecule has 32 heavy (non-hydrogen) atoms. The Bertz CT molecular complexity index is 1270. The highest BCUT2D eigenvalue weighted by Gasteiger charge is 2.31. The maximum Gasteiger partial charge on any atom is 0.180 e. The topological polar surface area (TPSA) is 97.6 Å². The van der Waals surface area contributed by atoms with Gasteiger partial charge in [0.1, 0.15) is 5.82 Å². The van der Waals surface area contributed by atoms with Gasteiger partial charge in [-0.05, 0) is 37.1 Å². The largest absolute Gasteiger partial charge is 0.382 e. The first-order chi connectivity index (χ1) is 15.3. The van der Waals surface area contributed by atoms with E-state index in [1.165, 1.54) is 0 Å². The van der Waals surface area contributed by atoms with E-state index in [1.54, 1.807) is 12.1 Å². The minimum atomic E-state index is -3.32. The van der Waals surface area contributed by atoms with Crippen molar-refractivity contribution in [3.8, 4) is 0 Å². The van der Waals surface area contributed by atoms with Gasteiger partial charge in [-0.3, -0.25) is 0 Å². The summed E-state index contributed by atoms with van der Waals surface area (Å²) in [7, 11) is -3.32. The molecule has 8 heteroatoms. The molecule has 7 nitrogen and oxygen atoms in total. The molecule has 0 radical (unpaired) electrons. The van der Waals surface area contributed by atoms with Crippen LogP contribution in [0.25, 0.3) is 10.9 Å². The van der Waals surface area contributed by atoms with Crippen molar-refractivity contribution >= 4 is 32.2 Å². The summed E-state index contributed by atoms with van der Waals surface area (Å²) in [6, 6.07) is 15.4. The summed E-state index contributed by atoms with van der Waals surface area (Å²) in [6.45, 7) is 4.75. The first kappa shape index (κ1) is 21.2. The van der Waals surface area contributed by atoms with Crippen molar-refractivity contribution in [3.63, 3.8) is 0 Å². The SMILES string of the molecule is Cc1ccc2nc(N3CCS(=O)(=O)c4ccccc4C3)cc(NCC3(N)CCOC3)c2c1. The number of hydrogen-bond donors (Lipinski definition) is 2. The van der Waals surface area contributed by atoms with Crippen molar-refractivity contribution in [2.75, 3.05) is 42.3 Å². The van der Waals surface area contributed by atoms with Gasteiger partial charge in [-0.1, -0.05) is 29.8 Å². The molecule has 3 N–H and O–H groups in total. The van der Waals surface area contributed by atoms with Crippen molar-refractivity contribution in [1.29, 1.82) is 0 Å². The molecule has 1 aromatic heterocycles. The molecule has 1 unspecified atom stereocenters. The van der Waals surface area contributed by atoms with E-state index in [9.17, 15) is 8.42 Å². The highest BCUT2D eigenvalue weighted by molar-refractivity contribution is 7.91. The summed E-state index contributed by atoms with van der Waals surface area (Å²) in [5.41, 5.74) is 9.86. The molecule has 0 aliphatic carbocycles. The van der Waals surface area contributed by atoms with E-state index in [2.05, 4.69) is 18.3 Å². The molecule has 0 saturated carbocycles. The molecule has 5 rings (SSSR count). The molecule has 168 valence electrons. The zero-order valence-corrected chi connectivity index (χ0v) is 19.0. The van der Waals surface area contributed by atoms with E-state index in [1.807, 2.05) is 35.2 Å². The number of hydrogen-bond acceptors (Lipinski definition) is 7. The number of nitrogens with one attached hydrogen (secondary N) is 1. The smallest absolute Gasteiger partial charge is 0.180 e. The van der Waals surface area contributed by atoms with Gasteiger partial charge in [0, 0.05) is 43.4 Å². The van der Waals surface area contributed by atoms with Gasteiger partial charge in [0.15, 0.2) is 9.84 Å². The average molecular weight is 453 g/mol.